The number of piperidine rings is 1. The van der Waals surface area contributed by atoms with Gasteiger partial charge in [0.15, 0.2) is 5.76 Å². The molecule has 0 unspecified atom stereocenters. The number of hydrogen-bond acceptors (Lipinski definition) is 4. The highest BCUT2D eigenvalue weighted by Gasteiger charge is 2.49. The van der Waals surface area contributed by atoms with Crippen LogP contribution in [0.1, 0.15) is 41.1 Å². The molecular weight excluding hydrogens is 396 g/mol. The molecule has 5 heterocycles. The third-order valence-electron chi connectivity index (χ3n) is 6.40. The molecule has 2 bridgehead atoms. The van der Waals surface area contributed by atoms with Crippen LogP contribution in [0.4, 0.5) is 8.78 Å². The number of alkyl halides is 2. The fourth-order valence-corrected chi connectivity index (χ4v) is 5.08. The first-order valence-electron chi connectivity index (χ1n) is 10.0. The molecule has 0 spiro atoms. The number of pyridine rings is 1. The van der Waals surface area contributed by atoms with E-state index >= 15 is 0 Å². The van der Waals surface area contributed by atoms with Gasteiger partial charge in [0.05, 0.1) is 12.8 Å². The topological polar surface area (TPSA) is 75.8 Å². The van der Waals surface area contributed by atoms with E-state index in [1.54, 1.807) is 29.2 Å². The van der Waals surface area contributed by atoms with Gasteiger partial charge in [0.25, 0.3) is 17.4 Å². The van der Waals surface area contributed by atoms with Gasteiger partial charge in [-0.15, -0.1) is 0 Å². The van der Waals surface area contributed by atoms with Crippen LogP contribution in [0, 0.1) is 5.92 Å². The van der Waals surface area contributed by atoms with Crippen molar-refractivity contribution in [3.05, 3.63) is 58.4 Å². The highest BCUT2D eigenvalue weighted by Crippen LogP contribution is 2.43. The van der Waals surface area contributed by atoms with Gasteiger partial charge in [-0.25, -0.2) is 8.78 Å². The molecule has 0 saturated carbocycles. The lowest BCUT2D eigenvalue weighted by molar-refractivity contribution is -0.138. The normalized spacial score (nSPS) is 27.1. The van der Waals surface area contributed by atoms with Crippen molar-refractivity contribution in [1.82, 2.24) is 14.4 Å². The predicted molar refractivity (Wildman–Crippen MR) is 101 cm³/mol. The molecule has 2 amide bonds. The summed E-state index contributed by atoms with van der Waals surface area (Å²) in [6, 6.07) is 7.11. The number of likely N-dealkylation sites (tertiary alicyclic amines) is 2. The smallest absolute Gasteiger partial charge is 0.289 e. The summed E-state index contributed by atoms with van der Waals surface area (Å²) in [6.45, 7) is -0.00545. The van der Waals surface area contributed by atoms with Crippen molar-refractivity contribution in [3.8, 4) is 0 Å². The second-order valence-corrected chi connectivity index (χ2v) is 8.35. The molecule has 0 aliphatic carbocycles. The van der Waals surface area contributed by atoms with Crippen LogP contribution in [-0.2, 0) is 4.79 Å². The molecule has 3 aliphatic rings. The highest BCUT2D eigenvalue weighted by atomic mass is 19.3. The van der Waals surface area contributed by atoms with Gasteiger partial charge in [-0.3, -0.25) is 19.0 Å². The second-order valence-electron chi connectivity index (χ2n) is 8.35. The lowest BCUT2D eigenvalue weighted by Gasteiger charge is -2.46. The molecule has 2 fully saturated rings. The van der Waals surface area contributed by atoms with Crippen molar-refractivity contribution in [1.29, 1.82) is 0 Å². The minimum absolute atomic E-state index is 0.0373. The fraction of sp³-hybridized carbons (Fsp3) is 0.476. The Hall–Kier alpha value is -2.97. The maximum absolute atomic E-state index is 13.7. The number of rotatable bonds is 2. The van der Waals surface area contributed by atoms with Gasteiger partial charge in [-0.05, 0) is 24.6 Å². The first kappa shape index (κ1) is 19.0. The molecule has 158 valence electrons. The Morgan fingerprint density at radius 3 is 2.63 bits per heavy atom. The second kappa shape index (κ2) is 6.78. The number of hydrogen-bond donors (Lipinski definition) is 0. The van der Waals surface area contributed by atoms with Gasteiger partial charge < -0.3 is 14.2 Å². The van der Waals surface area contributed by atoms with Gasteiger partial charge in [0.1, 0.15) is 6.04 Å². The summed E-state index contributed by atoms with van der Waals surface area (Å²) < 4.78 is 34.2. The predicted octanol–water partition coefficient (Wildman–Crippen LogP) is 2.11. The number of fused-ring (bicyclic) bond motifs is 4. The molecule has 30 heavy (non-hydrogen) atoms. The van der Waals surface area contributed by atoms with Crippen molar-refractivity contribution in [2.45, 2.75) is 30.7 Å². The Labute approximate surface area is 170 Å². The molecule has 7 nitrogen and oxygen atoms in total. The molecule has 0 radical (unpaired) electrons. The quantitative estimate of drug-likeness (QED) is 0.750. The maximum Gasteiger partial charge on any atom is 0.289 e. The zero-order valence-electron chi connectivity index (χ0n) is 16.2. The Balaban J connectivity index is 1.52. The molecule has 9 heteroatoms. The molecule has 3 aliphatic heterocycles. The maximum atomic E-state index is 13.7. The van der Waals surface area contributed by atoms with Crippen molar-refractivity contribution < 1.29 is 22.8 Å². The molecule has 2 aromatic heterocycles. The van der Waals surface area contributed by atoms with E-state index in [4.69, 9.17) is 4.42 Å². The van der Waals surface area contributed by atoms with Crippen LogP contribution in [0.2, 0.25) is 0 Å². The zero-order valence-corrected chi connectivity index (χ0v) is 16.2. The lowest BCUT2D eigenvalue weighted by Crippen LogP contribution is -2.54. The van der Waals surface area contributed by atoms with Crippen LogP contribution in [0.25, 0.3) is 0 Å². The van der Waals surface area contributed by atoms with E-state index in [9.17, 15) is 23.2 Å². The number of furan rings is 1. The SMILES string of the molecule is O=C(c1ccco1)N1C[C@H]2C[C@@H](C1)[C@H](C(=O)N1CCC(F)(F)C1)n1c2cccc1=O. The van der Waals surface area contributed by atoms with Crippen molar-refractivity contribution in [2.75, 3.05) is 26.2 Å². The summed E-state index contributed by atoms with van der Waals surface area (Å²) in [6.07, 6.45) is 1.66. The first-order valence-corrected chi connectivity index (χ1v) is 10.0. The van der Waals surface area contributed by atoms with Crippen LogP contribution in [-0.4, -0.2) is 58.3 Å². The molecule has 0 aromatic carbocycles. The standard InChI is InChI=1S/C21H21F2N3O4/c22-21(23)6-7-24(12-21)20(29)18-14-9-13(15-3-1-5-17(27)26(15)18)10-25(11-14)19(28)16-4-2-8-30-16/h1-5,8,13-14,18H,6-7,9-12H2/t13-,14+,18-/m1/s1. The third kappa shape index (κ3) is 3.03. The number of nitrogens with zero attached hydrogens (tertiary/aromatic N) is 3. The van der Waals surface area contributed by atoms with Crippen molar-refractivity contribution >= 4 is 11.8 Å². The van der Waals surface area contributed by atoms with Gasteiger partial charge >= 0.3 is 0 Å². The van der Waals surface area contributed by atoms with Crippen LogP contribution < -0.4 is 5.56 Å². The summed E-state index contributed by atoms with van der Waals surface area (Å²) in [4.78, 5) is 41.7. The number of amides is 2. The third-order valence-corrected chi connectivity index (χ3v) is 6.40. The summed E-state index contributed by atoms with van der Waals surface area (Å²) in [5.41, 5.74) is 0.345. The van der Waals surface area contributed by atoms with Crippen LogP contribution in [0.15, 0.2) is 45.8 Å². The summed E-state index contributed by atoms with van der Waals surface area (Å²) >= 11 is 0. The monoisotopic (exact) mass is 417 g/mol. The molecule has 0 N–H and O–H groups in total. The van der Waals surface area contributed by atoms with Crippen molar-refractivity contribution in [3.63, 3.8) is 0 Å². The number of carbonyl (C=O) groups excluding carboxylic acids is 2. The lowest BCUT2D eigenvalue weighted by atomic mass is 9.78. The van der Waals surface area contributed by atoms with Gasteiger partial charge in [-0.1, -0.05) is 6.07 Å². The van der Waals surface area contributed by atoms with Crippen molar-refractivity contribution in [2.24, 2.45) is 5.92 Å². The Morgan fingerprint density at radius 1 is 1.10 bits per heavy atom. The van der Waals surface area contributed by atoms with Gasteiger partial charge in [-0.2, -0.15) is 0 Å². The van der Waals surface area contributed by atoms with E-state index in [0.29, 0.717) is 18.7 Å². The summed E-state index contributed by atoms with van der Waals surface area (Å²) in [5.74, 6) is -3.90. The largest absolute Gasteiger partial charge is 0.459 e. The molecular formula is C21H21F2N3O4. The van der Waals surface area contributed by atoms with Crippen LogP contribution >= 0.6 is 0 Å². The number of aromatic nitrogens is 1. The van der Waals surface area contributed by atoms with E-state index in [2.05, 4.69) is 0 Å². The Kier molecular flexibility index (Phi) is 4.30. The number of carbonyl (C=O) groups is 2. The molecule has 5 rings (SSSR count). The average Bonchev–Trinajstić information content (AvgIpc) is 3.37. The van der Waals surface area contributed by atoms with E-state index < -0.39 is 24.4 Å². The zero-order chi connectivity index (χ0) is 21.0. The number of halogens is 2. The Morgan fingerprint density at radius 2 is 1.93 bits per heavy atom. The highest BCUT2D eigenvalue weighted by molar-refractivity contribution is 5.91. The average molecular weight is 417 g/mol. The van der Waals surface area contributed by atoms with E-state index in [-0.39, 0.29) is 48.6 Å². The summed E-state index contributed by atoms with van der Waals surface area (Å²) in [5, 5.41) is 0. The van der Waals surface area contributed by atoms with Gasteiger partial charge in [0.2, 0.25) is 5.91 Å². The molecule has 3 atom stereocenters. The van der Waals surface area contributed by atoms with E-state index in [1.807, 2.05) is 0 Å². The van der Waals surface area contributed by atoms with Crippen LogP contribution in [0.5, 0.6) is 0 Å². The minimum Gasteiger partial charge on any atom is -0.459 e. The first-order chi connectivity index (χ1) is 14.3. The van der Waals surface area contributed by atoms with E-state index in [1.165, 1.54) is 16.9 Å². The van der Waals surface area contributed by atoms with Gasteiger partial charge in [0, 0.05) is 49.7 Å². The van der Waals surface area contributed by atoms with Crippen LogP contribution in [0.3, 0.4) is 0 Å². The molecule has 2 saturated heterocycles. The minimum atomic E-state index is -2.91. The summed E-state index contributed by atoms with van der Waals surface area (Å²) in [7, 11) is 0. The molecule has 2 aromatic rings. The Bertz CT molecular complexity index is 1050. The fourth-order valence-electron chi connectivity index (χ4n) is 5.08. The van der Waals surface area contributed by atoms with E-state index in [0.717, 1.165) is 4.90 Å².